The van der Waals surface area contributed by atoms with E-state index >= 15 is 0 Å². The number of carbonyl (C=O) groups excluding carboxylic acids is 1. The molecular weight excluding hydrogens is 234 g/mol. The van der Waals surface area contributed by atoms with Crippen LogP contribution < -0.4 is 5.32 Å². The average Bonchev–Trinajstić information content (AvgIpc) is 2.79. The second kappa shape index (κ2) is 5.87. The molecule has 0 spiro atoms. The molecule has 0 bridgehead atoms. The van der Waals surface area contributed by atoms with Crippen LogP contribution >= 0.6 is 0 Å². The average molecular weight is 257 g/mol. The summed E-state index contributed by atoms with van der Waals surface area (Å²) in [6, 6.07) is 8.60. The molecule has 3 rings (SSSR count). The van der Waals surface area contributed by atoms with Gasteiger partial charge in [0.1, 0.15) is 0 Å². The Kier molecular flexibility index (Phi) is 3.97. The van der Waals surface area contributed by atoms with Crippen LogP contribution in [0.15, 0.2) is 24.3 Å². The second-order valence-electron chi connectivity index (χ2n) is 5.93. The zero-order chi connectivity index (χ0) is 13.1. The summed E-state index contributed by atoms with van der Waals surface area (Å²) >= 11 is 0. The van der Waals surface area contributed by atoms with E-state index in [4.69, 9.17) is 0 Å². The predicted molar refractivity (Wildman–Crippen MR) is 77.5 cm³/mol. The van der Waals surface area contributed by atoms with Crippen molar-refractivity contribution in [2.45, 2.75) is 51.0 Å². The molecule has 1 fully saturated rings. The molecule has 0 unspecified atom stereocenters. The zero-order valence-corrected chi connectivity index (χ0v) is 11.5. The smallest absolute Gasteiger partial charge is 0.167 e. The molecule has 1 N–H and O–H groups in total. The Morgan fingerprint density at radius 1 is 1.00 bits per heavy atom. The third-order valence-electron chi connectivity index (χ3n) is 4.66. The maximum Gasteiger partial charge on any atom is 0.167 e. The van der Waals surface area contributed by atoms with E-state index in [1.165, 1.54) is 31.2 Å². The molecule has 0 amide bonds. The molecule has 1 aromatic rings. The number of hydrogen-bond acceptors (Lipinski definition) is 2. The summed E-state index contributed by atoms with van der Waals surface area (Å²) in [5, 5.41) is 3.62. The summed E-state index contributed by atoms with van der Waals surface area (Å²) in [6.07, 6.45) is 8.25. The van der Waals surface area contributed by atoms with Gasteiger partial charge in [0.25, 0.3) is 0 Å². The summed E-state index contributed by atoms with van der Waals surface area (Å²) < 4.78 is 0. The highest BCUT2D eigenvalue weighted by Crippen LogP contribution is 2.29. The van der Waals surface area contributed by atoms with E-state index < -0.39 is 0 Å². The van der Waals surface area contributed by atoms with Gasteiger partial charge in [-0.1, -0.05) is 37.1 Å². The summed E-state index contributed by atoms with van der Waals surface area (Å²) in [6.45, 7) is 1.08. The number of benzene rings is 1. The summed E-state index contributed by atoms with van der Waals surface area (Å²) in [5.41, 5.74) is 2.24. The van der Waals surface area contributed by atoms with Crippen molar-refractivity contribution in [1.29, 1.82) is 0 Å². The van der Waals surface area contributed by atoms with E-state index in [2.05, 4.69) is 17.4 Å². The van der Waals surface area contributed by atoms with Crippen LogP contribution in [0, 0.1) is 5.92 Å². The van der Waals surface area contributed by atoms with E-state index in [-0.39, 0.29) is 5.92 Å². The minimum Gasteiger partial charge on any atom is -0.313 e. The van der Waals surface area contributed by atoms with Gasteiger partial charge in [0, 0.05) is 17.5 Å². The molecule has 1 aliphatic carbocycles. The highest BCUT2D eigenvalue weighted by atomic mass is 16.1. The van der Waals surface area contributed by atoms with E-state index in [0.29, 0.717) is 11.8 Å². The van der Waals surface area contributed by atoms with E-state index in [1.807, 2.05) is 12.1 Å². The standard InChI is InChI=1S/C17H23NO/c19-17-14-9-4-3-7-13(14)8-6-10-15(17)16-11-2-1-5-12-18-16/h3-4,7,9,15-16,18H,1-2,5-6,8,10-12H2/t15-,16+/m0/s1. The van der Waals surface area contributed by atoms with Crippen LogP contribution in [0.4, 0.5) is 0 Å². The molecule has 0 saturated carbocycles. The van der Waals surface area contributed by atoms with Crippen molar-refractivity contribution in [3.05, 3.63) is 35.4 Å². The topological polar surface area (TPSA) is 29.1 Å². The van der Waals surface area contributed by atoms with E-state index in [9.17, 15) is 4.79 Å². The maximum atomic E-state index is 12.8. The van der Waals surface area contributed by atoms with Gasteiger partial charge in [0.2, 0.25) is 0 Å². The van der Waals surface area contributed by atoms with Gasteiger partial charge >= 0.3 is 0 Å². The van der Waals surface area contributed by atoms with Crippen LogP contribution in [0.25, 0.3) is 0 Å². The highest BCUT2D eigenvalue weighted by molar-refractivity contribution is 6.00. The van der Waals surface area contributed by atoms with Crippen molar-refractivity contribution in [3.63, 3.8) is 0 Å². The molecule has 1 aromatic carbocycles. The Balaban J connectivity index is 1.84. The fourth-order valence-electron chi connectivity index (χ4n) is 3.60. The van der Waals surface area contributed by atoms with Crippen molar-refractivity contribution in [3.8, 4) is 0 Å². The first-order chi connectivity index (χ1) is 9.36. The monoisotopic (exact) mass is 257 g/mol. The first-order valence-electron chi connectivity index (χ1n) is 7.72. The molecule has 0 aromatic heterocycles. The lowest BCUT2D eigenvalue weighted by atomic mass is 9.86. The van der Waals surface area contributed by atoms with Gasteiger partial charge in [0.15, 0.2) is 5.78 Å². The van der Waals surface area contributed by atoms with Crippen molar-refractivity contribution in [2.24, 2.45) is 5.92 Å². The highest BCUT2D eigenvalue weighted by Gasteiger charge is 2.31. The number of fused-ring (bicyclic) bond motifs is 1. The molecule has 1 heterocycles. The maximum absolute atomic E-state index is 12.8. The number of rotatable bonds is 1. The van der Waals surface area contributed by atoms with Crippen molar-refractivity contribution >= 4 is 5.78 Å². The predicted octanol–water partition coefficient (Wildman–Crippen LogP) is 3.35. The normalized spacial score (nSPS) is 28.3. The Hall–Kier alpha value is -1.15. The lowest BCUT2D eigenvalue weighted by molar-refractivity contribution is 0.0881. The minimum absolute atomic E-state index is 0.196. The third kappa shape index (κ3) is 2.74. The summed E-state index contributed by atoms with van der Waals surface area (Å²) in [4.78, 5) is 12.8. The molecule has 2 heteroatoms. The fourth-order valence-corrected chi connectivity index (χ4v) is 3.60. The van der Waals surface area contributed by atoms with Gasteiger partial charge in [-0.15, -0.1) is 0 Å². The molecule has 2 atom stereocenters. The van der Waals surface area contributed by atoms with Crippen LogP contribution in [0.3, 0.4) is 0 Å². The first-order valence-corrected chi connectivity index (χ1v) is 7.72. The third-order valence-corrected chi connectivity index (χ3v) is 4.66. The zero-order valence-electron chi connectivity index (χ0n) is 11.5. The molecule has 1 aliphatic heterocycles. The van der Waals surface area contributed by atoms with Crippen LogP contribution in [-0.2, 0) is 6.42 Å². The van der Waals surface area contributed by atoms with Gasteiger partial charge in [-0.05, 0) is 44.2 Å². The van der Waals surface area contributed by atoms with Gasteiger partial charge in [-0.2, -0.15) is 0 Å². The lowest BCUT2D eigenvalue weighted by Crippen LogP contribution is -2.39. The molecule has 102 valence electrons. The second-order valence-corrected chi connectivity index (χ2v) is 5.93. The van der Waals surface area contributed by atoms with Crippen molar-refractivity contribution < 1.29 is 4.79 Å². The van der Waals surface area contributed by atoms with Crippen LogP contribution in [0.2, 0.25) is 0 Å². The number of carbonyl (C=O) groups is 1. The van der Waals surface area contributed by atoms with Crippen molar-refractivity contribution in [2.75, 3.05) is 6.54 Å². The Labute approximate surface area is 115 Å². The molecule has 1 saturated heterocycles. The van der Waals surface area contributed by atoms with Crippen LogP contribution in [-0.4, -0.2) is 18.4 Å². The number of Topliss-reactive ketones (excluding diaryl/α,β-unsaturated/α-hetero) is 1. The largest absolute Gasteiger partial charge is 0.313 e. The molecule has 0 radical (unpaired) electrons. The Bertz CT molecular complexity index is 446. The van der Waals surface area contributed by atoms with E-state index in [1.54, 1.807) is 0 Å². The SMILES string of the molecule is O=C1c2ccccc2CCC[C@H]1[C@H]1CCCCCN1. The molecule has 19 heavy (non-hydrogen) atoms. The van der Waals surface area contributed by atoms with Gasteiger partial charge in [-0.25, -0.2) is 0 Å². The number of nitrogens with one attached hydrogen (secondary N) is 1. The molecular formula is C17H23NO. The summed E-state index contributed by atoms with van der Waals surface area (Å²) in [5.74, 6) is 0.578. The number of aryl methyl sites for hydroxylation is 1. The molecule has 2 nitrogen and oxygen atoms in total. The Morgan fingerprint density at radius 2 is 1.89 bits per heavy atom. The fraction of sp³-hybridized carbons (Fsp3) is 0.588. The first kappa shape index (κ1) is 12.9. The quantitative estimate of drug-likeness (QED) is 0.782. The van der Waals surface area contributed by atoms with Crippen LogP contribution in [0.5, 0.6) is 0 Å². The van der Waals surface area contributed by atoms with Gasteiger partial charge in [0.05, 0.1) is 0 Å². The van der Waals surface area contributed by atoms with Crippen LogP contribution in [0.1, 0.15) is 54.4 Å². The summed E-state index contributed by atoms with van der Waals surface area (Å²) in [7, 11) is 0. The minimum atomic E-state index is 0.196. The number of ketones is 1. The lowest BCUT2D eigenvalue weighted by Gasteiger charge is -2.25. The van der Waals surface area contributed by atoms with Crippen molar-refractivity contribution in [1.82, 2.24) is 5.32 Å². The number of hydrogen-bond donors (Lipinski definition) is 1. The molecule has 2 aliphatic rings. The van der Waals surface area contributed by atoms with Gasteiger partial charge in [-0.3, -0.25) is 4.79 Å². The van der Waals surface area contributed by atoms with E-state index in [0.717, 1.165) is 31.4 Å². The Morgan fingerprint density at radius 3 is 2.84 bits per heavy atom. The van der Waals surface area contributed by atoms with Gasteiger partial charge < -0.3 is 5.32 Å².